The van der Waals surface area contributed by atoms with Crippen LogP contribution in [0.15, 0.2) is 42.6 Å². The van der Waals surface area contributed by atoms with Crippen LogP contribution in [0.1, 0.15) is 52.4 Å². The molecule has 0 spiro atoms. The standard InChI is InChI=1S/2C8H11.Sn/c2*1-2-5-8-6-3-4-7-8;/h2*3,6H,2,4-5H2,1H3;. The minimum absolute atomic E-state index is 0.443. The molecule has 2 aliphatic carbocycles. The molecule has 0 nitrogen and oxygen atoms in total. The van der Waals surface area contributed by atoms with Crippen molar-refractivity contribution in [2.45, 2.75) is 52.4 Å². The number of hydrogen-bond donors (Lipinski definition) is 0. The fraction of sp³-hybridized carbons (Fsp3) is 0.500. The molecule has 0 N–H and O–H groups in total. The van der Waals surface area contributed by atoms with Gasteiger partial charge in [0.1, 0.15) is 0 Å². The van der Waals surface area contributed by atoms with Crippen molar-refractivity contribution in [2.75, 3.05) is 0 Å². The Labute approximate surface area is 116 Å². The average molecular weight is 333 g/mol. The molecule has 0 saturated carbocycles. The molecule has 0 aliphatic heterocycles. The molecule has 2 aliphatic rings. The van der Waals surface area contributed by atoms with E-state index in [2.05, 4.69) is 38.2 Å². The Morgan fingerprint density at radius 1 is 0.882 bits per heavy atom. The van der Waals surface area contributed by atoms with Crippen molar-refractivity contribution in [3.63, 3.8) is 0 Å². The molecule has 2 radical (unpaired) electrons. The minimum atomic E-state index is -0.443. The molecule has 0 aromatic carbocycles. The van der Waals surface area contributed by atoms with Crippen molar-refractivity contribution in [2.24, 2.45) is 0 Å². The van der Waals surface area contributed by atoms with Crippen LogP contribution in [0.4, 0.5) is 0 Å². The molecule has 0 amide bonds. The van der Waals surface area contributed by atoms with Gasteiger partial charge in [0, 0.05) is 0 Å². The first kappa shape index (κ1) is 13.2. The maximum atomic E-state index is 2.39. The Balaban J connectivity index is 2.06. The first-order valence-corrected chi connectivity index (χ1v) is 9.74. The van der Waals surface area contributed by atoms with Crippen molar-refractivity contribution in [1.29, 1.82) is 0 Å². The van der Waals surface area contributed by atoms with Gasteiger partial charge in [-0.05, 0) is 0 Å². The molecular weight excluding hydrogens is 311 g/mol. The molecule has 0 aromatic heterocycles. The van der Waals surface area contributed by atoms with Crippen LogP contribution in [0.25, 0.3) is 0 Å². The molecule has 0 bridgehead atoms. The van der Waals surface area contributed by atoms with Gasteiger partial charge in [-0.15, -0.1) is 0 Å². The summed E-state index contributed by atoms with van der Waals surface area (Å²) in [5.74, 6) is 0. The Morgan fingerprint density at radius 2 is 1.35 bits per heavy atom. The van der Waals surface area contributed by atoms with Crippen molar-refractivity contribution in [3.05, 3.63) is 42.6 Å². The molecule has 0 heterocycles. The third kappa shape index (κ3) is 3.37. The van der Waals surface area contributed by atoms with Gasteiger partial charge in [-0.3, -0.25) is 0 Å². The molecule has 17 heavy (non-hydrogen) atoms. The van der Waals surface area contributed by atoms with Gasteiger partial charge in [0.25, 0.3) is 0 Å². The van der Waals surface area contributed by atoms with E-state index in [4.69, 9.17) is 0 Å². The monoisotopic (exact) mass is 334 g/mol. The van der Waals surface area contributed by atoms with E-state index in [9.17, 15) is 0 Å². The van der Waals surface area contributed by atoms with Crippen LogP contribution in [0.2, 0.25) is 0 Å². The number of hydrogen-bond acceptors (Lipinski definition) is 0. The van der Waals surface area contributed by atoms with E-state index in [0.717, 1.165) is 0 Å². The van der Waals surface area contributed by atoms with Crippen LogP contribution in [0.3, 0.4) is 0 Å². The number of allylic oxidation sites excluding steroid dienone is 8. The number of rotatable bonds is 6. The normalized spacial score (nSPS) is 18.9. The second kappa shape index (κ2) is 6.63. The molecule has 0 atom stereocenters. The summed E-state index contributed by atoms with van der Waals surface area (Å²) < 4.78 is 3.70. The van der Waals surface area contributed by atoms with Gasteiger partial charge in [-0.1, -0.05) is 0 Å². The molecule has 0 saturated heterocycles. The first-order chi connectivity index (χ1) is 8.35. The van der Waals surface area contributed by atoms with Crippen molar-refractivity contribution in [1.82, 2.24) is 0 Å². The van der Waals surface area contributed by atoms with E-state index in [1.807, 2.05) is 7.18 Å². The summed E-state index contributed by atoms with van der Waals surface area (Å²) in [5.41, 5.74) is 3.38. The quantitative estimate of drug-likeness (QED) is 0.617. The molecule has 0 unspecified atom stereocenters. The predicted octanol–water partition coefficient (Wildman–Crippen LogP) is 4.72. The van der Waals surface area contributed by atoms with Gasteiger partial charge in [0.15, 0.2) is 0 Å². The van der Waals surface area contributed by atoms with Gasteiger partial charge < -0.3 is 0 Å². The second-order valence-corrected chi connectivity index (χ2v) is 9.00. The summed E-state index contributed by atoms with van der Waals surface area (Å²) in [6, 6.07) is 0. The van der Waals surface area contributed by atoms with E-state index < -0.39 is 21.1 Å². The van der Waals surface area contributed by atoms with Crippen molar-refractivity contribution in [3.8, 4) is 0 Å². The summed E-state index contributed by atoms with van der Waals surface area (Å²) in [5, 5.41) is 0. The van der Waals surface area contributed by atoms with E-state index in [0.29, 0.717) is 0 Å². The van der Waals surface area contributed by atoms with Crippen LogP contribution in [-0.4, -0.2) is 21.1 Å². The maximum absolute atomic E-state index is 2.39. The van der Waals surface area contributed by atoms with Crippen molar-refractivity contribution >= 4 is 21.1 Å². The van der Waals surface area contributed by atoms with Crippen LogP contribution in [0, 0.1) is 0 Å². The summed E-state index contributed by atoms with van der Waals surface area (Å²) in [7, 11) is 0. The van der Waals surface area contributed by atoms with Crippen LogP contribution in [0.5, 0.6) is 0 Å². The topological polar surface area (TPSA) is 0 Å². The van der Waals surface area contributed by atoms with Crippen LogP contribution >= 0.6 is 0 Å². The zero-order valence-corrected chi connectivity index (χ0v) is 13.9. The molecular formula is C16H22Sn. The van der Waals surface area contributed by atoms with Gasteiger partial charge in [0.2, 0.25) is 0 Å². The Bertz CT molecular complexity index is 356. The van der Waals surface area contributed by atoms with Gasteiger partial charge in [0.05, 0.1) is 0 Å². The van der Waals surface area contributed by atoms with E-state index in [1.54, 1.807) is 11.1 Å². The van der Waals surface area contributed by atoms with Crippen molar-refractivity contribution < 1.29 is 0 Å². The molecule has 2 rings (SSSR count). The third-order valence-electron chi connectivity index (χ3n) is 3.40. The van der Waals surface area contributed by atoms with Gasteiger partial charge in [-0.2, -0.15) is 0 Å². The van der Waals surface area contributed by atoms with Crippen LogP contribution < -0.4 is 0 Å². The zero-order chi connectivity index (χ0) is 12.1. The Morgan fingerprint density at radius 3 is 1.76 bits per heavy atom. The van der Waals surface area contributed by atoms with Crippen LogP contribution in [-0.2, 0) is 0 Å². The predicted molar refractivity (Wildman–Crippen MR) is 77.1 cm³/mol. The summed E-state index contributed by atoms with van der Waals surface area (Å²) in [4.78, 5) is 0. The fourth-order valence-corrected chi connectivity index (χ4v) is 6.95. The summed E-state index contributed by atoms with van der Waals surface area (Å²) in [6.45, 7) is 4.58. The van der Waals surface area contributed by atoms with E-state index in [-0.39, 0.29) is 0 Å². The Kier molecular flexibility index (Phi) is 5.14. The molecule has 0 aromatic rings. The van der Waals surface area contributed by atoms with E-state index in [1.165, 1.54) is 38.5 Å². The summed E-state index contributed by atoms with van der Waals surface area (Å²) in [6.07, 6.45) is 17.3. The molecule has 0 fully saturated rings. The fourth-order valence-electron chi connectivity index (χ4n) is 2.55. The zero-order valence-electron chi connectivity index (χ0n) is 11.1. The third-order valence-corrected chi connectivity index (χ3v) is 8.12. The second-order valence-electron chi connectivity index (χ2n) is 4.85. The summed E-state index contributed by atoms with van der Waals surface area (Å²) >= 11 is -0.443. The van der Waals surface area contributed by atoms with Gasteiger partial charge in [-0.25, -0.2) is 0 Å². The molecule has 90 valence electrons. The SMILES string of the molecule is CCCC1=[C]([Sn][C]2=C(CCC)C=CC2)CC=C1. The molecule has 1 heteroatoms. The Hall–Kier alpha value is -0.241. The van der Waals surface area contributed by atoms with Gasteiger partial charge >= 0.3 is 116 Å². The first-order valence-electron chi connectivity index (χ1n) is 6.89. The van der Waals surface area contributed by atoms with E-state index >= 15 is 0 Å². The average Bonchev–Trinajstić information content (AvgIpc) is 2.92.